The van der Waals surface area contributed by atoms with Gasteiger partial charge in [-0.15, -0.1) is 0 Å². The Morgan fingerprint density at radius 3 is 2.65 bits per heavy atom. The smallest absolute Gasteiger partial charge is 0.0589 e. The molecule has 0 saturated carbocycles. The molecule has 1 aliphatic heterocycles. The minimum absolute atomic E-state index is 0.364. The zero-order valence-corrected chi connectivity index (χ0v) is 12.1. The Hall–Kier alpha value is -0.120. The van der Waals surface area contributed by atoms with Crippen LogP contribution in [0.3, 0.4) is 0 Å². The van der Waals surface area contributed by atoms with Crippen LogP contribution >= 0.6 is 0 Å². The predicted octanol–water partition coefficient (Wildman–Crippen LogP) is 2.12. The zero-order chi connectivity index (χ0) is 12.7. The highest BCUT2D eigenvalue weighted by Crippen LogP contribution is 2.24. The molecule has 0 amide bonds. The van der Waals surface area contributed by atoms with Gasteiger partial charge < -0.3 is 10.1 Å². The van der Waals surface area contributed by atoms with Gasteiger partial charge in [0.15, 0.2) is 0 Å². The number of hydrogen-bond acceptors (Lipinski definition) is 3. The van der Waals surface area contributed by atoms with Crippen molar-refractivity contribution in [2.45, 2.75) is 45.6 Å². The Bertz CT molecular complexity index is 200. The Morgan fingerprint density at radius 1 is 1.41 bits per heavy atom. The monoisotopic (exact) mass is 242 g/mol. The first-order valence-electron chi connectivity index (χ1n) is 7.08. The molecule has 1 atom stereocenters. The summed E-state index contributed by atoms with van der Waals surface area (Å²) in [5.74, 6) is 0.724. The largest absolute Gasteiger partial charge is 0.383 e. The Balaban J connectivity index is 2.50. The molecule has 1 saturated heterocycles. The van der Waals surface area contributed by atoms with E-state index in [1.54, 1.807) is 7.11 Å². The van der Waals surface area contributed by atoms with E-state index in [-0.39, 0.29) is 0 Å². The van der Waals surface area contributed by atoms with Crippen LogP contribution in [-0.4, -0.2) is 50.3 Å². The van der Waals surface area contributed by atoms with E-state index in [0.717, 1.165) is 19.1 Å². The first-order valence-corrected chi connectivity index (χ1v) is 7.08. The van der Waals surface area contributed by atoms with E-state index < -0.39 is 0 Å². The van der Waals surface area contributed by atoms with Gasteiger partial charge in [0.25, 0.3) is 0 Å². The molecule has 0 spiro atoms. The quantitative estimate of drug-likeness (QED) is 0.705. The minimum atomic E-state index is 0.364. The van der Waals surface area contributed by atoms with Gasteiger partial charge >= 0.3 is 0 Å². The molecule has 17 heavy (non-hydrogen) atoms. The summed E-state index contributed by atoms with van der Waals surface area (Å²) in [6.07, 6.45) is 3.88. The van der Waals surface area contributed by atoms with E-state index in [4.69, 9.17) is 4.74 Å². The Morgan fingerprint density at radius 2 is 2.18 bits per heavy atom. The van der Waals surface area contributed by atoms with Crippen LogP contribution in [0.4, 0.5) is 0 Å². The second-order valence-electron chi connectivity index (χ2n) is 5.79. The van der Waals surface area contributed by atoms with Crippen LogP contribution in [0, 0.1) is 5.92 Å². The highest BCUT2D eigenvalue weighted by Gasteiger charge is 2.33. The van der Waals surface area contributed by atoms with Gasteiger partial charge in [-0.25, -0.2) is 0 Å². The van der Waals surface area contributed by atoms with E-state index in [9.17, 15) is 0 Å². The molecule has 0 bridgehead atoms. The fourth-order valence-corrected chi connectivity index (χ4v) is 2.82. The molecular formula is C14H30N2O. The first kappa shape index (κ1) is 14.9. The van der Waals surface area contributed by atoms with Crippen molar-refractivity contribution in [3.8, 4) is 0 Å². The van der Waals surface area contributed by atoms with Gasteiger partial charge in [-0.05, 0) is 31.7 Å². The van der Waals surface area contributed by atoms with Crippen LogP contribution in [0.15, 0.2) is 0 Å². The molecule has 0 aliphatic carbocycles. The summed E-state index contributed by atoms with van der Waals surface area (Å²) < 4.78 is 5.22. The standard InChI is InChI=1S/C14H30N2O/c1-5-14(7-6-8-15-14)12-16(9-10-17-4)11-13(2)3/h13,15H,5-12H2,1-4H3. The molecule has 1 rings (SSSR count). The van der Waals surface area contributed by atoms with Crippen molar-refractivity contribution >= 4 is 0 Å². The Labute approximate surface area is 107 Å². The van der Waals surface area contributed by atoms with Crippen LogP contribution in [0.5, 0.6) is 0 Å². The van der Waals surface area contributed by atoms with Crippen LogP contribution < -0.4 is 5.32 Å². The van der Waals surface area contributed by atoms with Crippen molar-refractivity contribution in [1.82, 2.24) is 10.2 Å². The van der Waals surface area contributed by atoms with Crippen molar-refractivity contribution in [2.24, 2.45) is 5.92 Å². The lowest BCUT2D eigenvalue weighted by atomic mass is 9.93. The SMILES string of the molecule is CCC1(CN(CCOC)CC(C)C)CCCN1. The van der Waals surface area contributed by atoms with E-state index in [0.29, 0.717) is 5.54 Å². The van der Waals surface area contributed by atoms with Crippen molar-refractivity contribution in [3.63, 3.8) is 0 Å². The van der Waals surface area contributed by atoms with E-state index in [1.807, 2.05) is 0 Å². The minimum Gasteiger partial charge on any atom is -0.383 e. The van der Waals surface area contributed by atoms with Gasteiger partial charge in [-0.1, -0.05) is 20.8 Å². The number of hydrogen-bond donors (Lipinski definition) is 1. The van der Waals surface area contributed by atoms with Gasteiger partial charge in [0.2, 0.25) is 0 Å². The topological polar surface area (TPSA) is 24.5 Å². The summed E-state index contributed by atoms with van der Waals surface area (Å²) in [5.41, 5.74) is 0.364. The summed E-state index contributed by atoms with van der Waals surface area (Å²) in [4.78, 5) is 2.57. The summed E-state index contributed by atoms with van der Waals surface area (Å²) >= 11 is 0. The molecule has 0 aromatic carbocycles. The first-order chi connectivity index (χ1) is 8.12. The Kier molecular flexibility index (Phi) is 6.45. The van der Waals surface area contributed by atoms with Gasteiger partial charge in [-0.3, -0.25) is 4.90 Å². The zero-order valence-electron chi connectivity index (χ0n) is 12.1. The molecule has 1 unspecified atom stereocenters. The van der Waals surface area contributed by atoms with Crippen molar-refractivity contribution in [3.05, 3.63) is 0 Å². The van der Waals surface area contributed by atoms with Crippen LogP contribution in [0.2, 0.25) is 0 Å². The third-order valence-electron chi connectivity index (χ3n) is 3.77. The molecule has 3 heteroatoms. The lowest BCUT2D eigenvalue weighted by Crippen LogP contribution is -2.50. The van der Waals surface area contributed by atoms with Crippen LogP contribution in [0.25, 0.3) is 0 Å². The highest BCUT2D eigenvalue weighted by molar-refractivity contribution is 4.94. The van der Waals surface area contributed by atoms with E-state index >= 15 is 0 Å². The molecule has 1 fully saturated rings. The molecule has 0 radical (unpaired) electrons. The second kappa shape index (κ2) is 7.34. The van der Waals surface area contributed by atoms with Crippen LogP contribution in [-0.2, 0) is 4.74 Å². The molecule has 102 valence electrons. The summed E-state index contributed by atoms with van der Waals surface area (Å²) in [6, 6.07) is 0. The number of nitrogens with zero attached hydrogens (tertiary/aromatic N) is 1. The molecule has 1 heterocycles. The van der Waals surface area contributed by atoms with Gasteiger partial charge in [0, 0.05) is 32.3 Å². The molecule has 3 nitrogen and oxygen atoms in total. The van der Waals surface area contributed by atoms with E-state index in [2.05, 4.69) is 31.0 Å². The summed E-state index contributed by atoms with van der Waals surface area (Å²) in [5, 5.41) is 3.72. The van der Waals surface area contributed by atoms with Crippen LogP contribution in [0.1, 0.15) is 40.0 Å². The molecular weight excluding hydrogens is 212 g/mol. The maximum absolute atomic E-state index is 5.22. The maximum atomic E-state index is 5.22. The number of ether oxygens (including phenoxy) is 1. The second-order valence-corrected chi connectivity index (χ2v) is 5.79. The van der Waals surface area contributed by atoms with Crippen molar-refractivity contribution < 1.29 is 4.74 Å². The molecule has 1 aliphatic rings. The molecule has 0 aromatic rings. The molecule has 1 N–H and O–H groups in total. The van der Waals surface area contributed by atoms with Crippen molar-refractivity contribution in [1.29, 1.82) is 0 Å². The van der Waals surface area contributed by atoms with E-state index in [1.165, 1.54) is 38.9 Å². The third-order valence-corrected chi connectivity index (χ3v) is 3.77. The summed E-state index contributed by atoms with van der Waals surface area (Å²) in [6.45, 7) is 12.3. The average molecular weight is 242 g/mol. The number of methoxy groups -OCH3 is 1. The number of nitrogens with one attached hydrogen (secondary N) is 1. The predicted molar refractivity (Wildman–Crippen MR) is 73.4 cm³/mol. The highest BCUT2D eigenvalue weighted by atomic mass is 16.5. The summed E-state index contributed by atoms with van der Waals surface area (Å²) in [7, 11) is 1.79. The van der Waals surface area contributed by atoms with Gasteiger partial charge in [0.05, 0.1) is 6.61 Å². The molecule has 0 aromatic heterocycles. The van der Waals surface area contributed by atoms with Gasteiger partial charge in [-0.2, -0.15) is 0 Å². The number of rotatable bonds is 8. The van der Waals surface area contributed by atoms with Crippen molar-refractivity contribution in [2.75, 3.05) is 39.9 Å². The lowest BCUT2D eigenvalue weighted by molar-refractivity contribution is 0.115. The fraction of sp³-hybridized carbons (Fsp3) is 1.00. The maximum Gasteiger partial charge on any atom is 0.0589 e. The average Bonchev–Trinajstić information content (AvgIpc) is 2.74. The third kappa shape index (κ3) is 4.94. The fourth-order valence-electron chi connectivity index (χ4n) is 2.82. The normalized spacial score (nSPS) is 25.1. The van der Waals surface area contributed by atoms with Gasteiger partial charge in [0.1, 0.15) is 0 Å². The lowest BCUT2D eigenvalue weighted by Gasteiger charge is -2.35.